The van der Waals surface area contributed by atoms with Crippen molar-refractivity contribution in [2.75, 3.05) is 13.2 Å². The van der Waals surface area contributed by atoms with Gasteiger partial charge >= 0.3 is 0 Å². The van der Waals surface area contributed by atoms with Crippen LogP contribution in [0.25, 0.3) is 0 Å². The van der Waals surface area contributed by atoms with Gasteiger partial charge in [-0.15, -0.1) is 0 Å². The Morgan fingerprint density at radius 3 is 2.50 bits per heavy atom. The van der Waals surface area contributed by atoms with Crippen molar-refractivity contribution in [3.63, 3.8) is 0 Å². The van der Waals surface area contributed by atoms with E-state index in [9.17, 15) is 0 Å². The highest BCUT2D eigenvalue weighted by molar-refractivity contribution is 7.07. The third-order valence-corrected chi connectivity index (χ3v) is 3.46. The molecule has 0 aliphatic heterocycles. The maximum atomic E-state index is 9.13. The minimum atomic E-state index is 0.0588. The van der Waals surface area contributed by atoms with E-state index in [0.29, 0.717) is 12.6 Å². The molecule has 2 unspecified atom stereocenters. The zero-order chi connectivity index (χ0) is 12.1. The summed E-state index contributed by atoms with van der Waals surface area (Å²) in [6, 6.07) is 2.75. The first-order valence-electron chi connectivity index (χ1n) is 5.72. The number of hydrogen-bond donors (Lipinski definition) is 2. The summed E-state index contributed by atoms with van der Waals surface area (Å²) in [5.41, 5.74) is 7.33. The number of thiophene rings is 1. The van der Waals surface area contributed by atoms with Crippen molar-refractivity contribution in [2.24, 2.45) is 5.73 Å². The molecule has 1 aromatic heterocycles. The van der Waals surface area contributed by atoms with Crippen LogP contribution in [0.5, 0.6) is 0 Å². The fourth-order valence-electron chi connectivity index (χ4n) is 2.07. The van der Waals surface area contributed by atoms with Crippen LogP contribution in [0.1, 0.15) is 32.4 Å². The van der Waals surface area contributed by atoms with E-state index < -0.39 is 0 Å². The van der Waals surface area contributed by atoms with E-state index in [1.165, 1.54) is 5.56 Å². The van der Waals surface area contributed by atoms with Crippen LogP contribution in [0.3, 0.4) is 0 Å². The van der Waals surface area contributed by atoms with Crippen molar-refractivity contribution in [3.05, 3.63) is 22.4 Å². The largest absolute Gasteiger partial charge is 0.395 e. The zero-order valence-corrected chi connectivity index (χ0v) is 11.1. The summed E-state index contributed by atoms with van der Waals surface area (Å²) < 4.78 is 0. The normalized spacial score (nSPS) is 15.7. The second-order valence-corrected chi connectivity index (χ2v) is 5.20. The van der Waals surface area contributed by atoms with Crippen molar-refractivity contribution in [3.8, 4) is 0 Å². The van der Waals surface area contributed by atoms with E-state index in [0.717, 1.165) is 0 Å². The summed E-state index contributed by atoms with van der Waals surface area (Å²) in [6.45, 7) is 7.13. The molecule has 3 nitrogen and oxygen atoms in total. The highest BCUT2D eigenvalue weighted by Crippen LogP contribution is 2.27. The van der Waals surface area contributed by atoms with Gasteiger partial charge in [-0.25, -0.2) is 0 Å². The van der Waals surface area contributed by atoms with Crippen LogP contribution < -0.4 is 5.73 Å². The quantitative estimate of drug-likeness (QED) is 0.800. The van der Waals surface area contributed by atoms with Crippen molar-refractivity contribution in [1.82, 2.24) is 4.90 Å². The second-order valence-electron chi connectivity index (χ2n) is 4.42. The summed E-state index contributed by atoms with van der Waals surface area (Å²) in [4.78, 5) is 2.26. The minimum absolute atomic E-state index is 0.0588. The average molecular weight is 242 g/mol. The topological polar surface area (TPSA) is 49.5 Å². The fourth-order valence-corrected chi connectivity index (χ4v) is 2.76. The van der Waals surface area contributed by atoms with Crippen LogP contribution in [-0.4, -0.2) is 35.2 Å². The smallest absolute Gasteiger partial charge is 0.0558 e. The number of aliphatic hydroxyl groups excluding tert-OH is 1. The Balaban J connectivity index is 2.90. The molecule has 0 aliphatic carbocycles. The molecule has 0 aromatic carbocycles. The highest BCUT2D eigenvalue weighted by atomic mass is 32.1. The summed E-state index contributed by atoms with van der Waals surface area (Å²) in [5, 5.41) is 13.3. The molecule has 0 amide bonds. The first-order valence-corrected chi connectivity index (χ1v) is 6.66. The molecule has 3 N–H and O–H groups in total. The van der Waals surface area contributed by atoms with Gasteiger partial charge in [-0.3, -0.25) is 4.90 Å². The Morgan fingerprint density at radius 2 is 2.12 bits per heavy atom. The van der Waals surface area contributed by atoms with Crippen LogP contribution in [0, 0.1) is 0 Å². The predicted molar refractivity (Wildman–Crippen MR) is 69.6 cm³/mol. The third kappa shape index (κ3) is 3.28. The molecule has 0 spiro atoms. The van der Waals surface area contributed by atoms with Gasteiger partial charge in [0.2, 0.25) is 0 Å². The Kier molecular flexibility index (Phi) is 5.41. The number of nitrogens with zero attached hydrogens (tertiary/aromatic N) is 1. The fraction of sp³-hybridized carbons (Fsp3) is 0.667. The lowest BCUT2D eigenvalue weighted by atomic mass is 10.0. The molecule has 0 fully saturated rings. The number of nitrogens with two attached hydrogens (primary N) is 1. The molecule has 0 bridgehead atoms. The Labute approximate surface area is 102 Å². The number of aliphatic hydroxyl groups is 1. The molecule has 0 saturated carbocycles. The van der Waals surface area contributed by atoms with Crippen LogP contribution in [0.2, 0.25) is 0 Å². The van der Waals surface area contributed by atoms with Gasteiger partial charge < -0.3 is 10.8 Å². The summed E-state index contributed by atoms with van der Waals surface area (Å²) in [5.74, 6) is 0. The van der Waals surface area contributed by atoms with Crippen molar-refractivity contribution in [1.29, 1.82) is 0 Å². The van der Waals surface area contributed by atoms with Gasteiger partial charge in [0.1, 0.15) is 0 Å². The van der Waals surface area contributed by atoms with E-state index in [1.807, 2.05) is 6.92 Å². The standard InChI is InChI=1S/C12H22N2OS/c1-9(2)14(5-6-15)12(10(3)13)11-4-7-16-8-11/h4,7-10,12,15H,5-6,13H2,1-3H3. The zero-order valence-electron chi connectivity index (χ0n) is 10.3. The van der Waals surface area contributed by atoms with Crippen molar-refractivity contribution in [2.45, 2.75) is 38.9 Å². The van der Waals surface area contributed by atoms with Gasteiger partial charge in [-0.05, 0) is 43.2 Å². The van der Waals surface area contributed by atoms with Gasteiger partial charge in [-0.1, -0.05) is 0 Å². The summed E-state index contributed by atoms with van der Waals surface area (Å²) in [6.07, 6.45) is 0. The Hall–Kier alpha value is -0.420. The molecular formula is C12H22N2OS. The van der Waals surface area contributed by atoms with E-state index in [4.69, 9.17) is 10.8 Å². The lowest BCUT2D eigenvalue weighted by Gasteiger charge is -2.36. The molecule has 0 saturated heterocycles. The molecule has 1 rings (SSSR count). The Bertz CT molecular complexity index is 285. The molecule has 0 radical (unpaired) electrons. The van der Waals surface area contributed by atoms with Gasteiger partial charge in [0.25, 0.3) is 0 Å². The lowest BCUT2D eigenvalue weighted by Crippen LogP contribution is -2.44. The first kappa shape index (κ1) is 13.6. The molecular weight excluding hydrogens is 220 g/mol. The van der Waals surface area contributed by atoms with Crippen LogP contribution in [0.15, 0.2) is 16.8 Å². The summed E-state index contributed by atoms with van der Waals surface area (Å²) in [7, 11) is 0. The maximum Gasteiger partial charge on any atom is 0.0558 e. The first-order chi connectivity index (χ1) is 7.57. The number of hydrogen-bond acceptors (Lipinski definition) is 4. The molecule has 92 valence electrons. The monoisotopic (exact) mass is 242 g/mol. The predicted octanol–water partition coefficient (Wildman–Crippen LogP) is 1.84. The molecule has 1 aromatic rings. The second kappa shape index (κ2) is 6.35. The van der Waals surface area contributed by atoms with Gasteiger partial charge in [-0.2, -0.15) is 11.3 Å². The van der Waals surface area contributed by atoms with Gasteiger partial charge in [0.05, 0.1) is 12.6 Å². The van der Waals surface area contributed by atoms with Crippen LogP contribution in [0.4, 0.5) is 0 Å². The van der Waals surface area contributed by atoms with Crippen LogP contribution >= 0.6 is 11.3 Å². The average Bonchev–Trinajstić information content (AvgIpc) is 2.69. The maximum absolute atomic E-state index is 9.13. The van der Waals surface area contributed by atoms with Crippen molar-refractivity contribution < 1.29 is 5.11 Å². The summed E-state index contributed by atoms with van der Waals surface area (Å²) >= 11 is 1.69. The van der Waals surface area contributed by atoms with Crippen molar-refractivity contribution >= 4 is 11.3 Å². The number of rotatable bonds is 6. The van der Waals surface area contributed by atoms with E-state index in [1.54, 1.807) is 11.3 Å². The molecule has 16 heavy (non-hydrogen) atoms. The molecule has 0 aliphatic rings. The van der Waals surface area contributed by atoms with Gasteiger partial charge in [0.15, 0.2) is 0 Å². The Morgan fingerprint density at radius 1 is 1.44 bits per heavy atom. The van der Waals surface area contributed by atoms with E-state index in [2.05, 4.69) is 35.6 Å². The van der Waals surface area contributed by atoms with E-state index >= 15 is 0 Å². The van der Waals surface area contributed by atoms with E-state index in [-0.39, 0.29) is 18.7 Å². The van der Waals surface area contributed by atoms with Gasteiger partial charge in [0, 0.05) is 18.6 Å². The lowest BCUT2D eigenvalue weighted by molar-refractivity contribution is 0.106. The van der Waals surface area contributed by atoms with Crippen LogP contribution in [-0.2, 0) is 0 Å². The highest BCUT2D eigenvalue weighted by Gasteiger charge is 2.25. The molecule has 1 heterocycles. The molecule has 4 heteroatoms. The molecule has 2 atom stereocenters. The minimum Gasteiger partial charge on any atom is -0.395 e. The SMILES string of the molecule is CC(N)C(c1ccsc1)N(CCO)C(C)C. The third-order valence-electron chi connectivity index (χ3n) is 2.76.